The van der Waals surface area contributed by atoms with Crippen molar-refractivity contribution in [3.8, 4) is 0 Å². The van der Waals surface area contributed by atoms with E-state index in [1.54, 1.807) is 0 Å². The molecule has 0 spiro atoms. The van der Waals surface area contributed by atoms with Crippen molar-refractivity contribution in [1.82, 2.24) is 0 Å². The Hall–Kier alpha value is -1.13. The number of benzene rings is 4. The Balaban J connectivity index is 2.41. The van der Waals surface area contributed by atoms with Crippen LogP contribution < -0.4 is 0 Å². The summed E-state index contributed by atoms with van der Waals surface area (Å²) < 4.78 is 39.9. The molecule has 7 heteroatoms. The van der Waals surface area contributed by atoms with Gasteiger partial charge in [-0.3, -0.25) is 0 Å². The fraction of sp³-hybridized carbons (Fsp3) is 0.111. The Morgan fingerprint density at radius 2 is 0.960 bits per heavy atom. The largest absolute Gasteiger partial charge is 0.416 e. The molecule has 0 saturated heterocycles. The minimum atomic E-state index is -4.55. The molecule has 0 radical (unpaired) electrons. The van der Waals surface area contributed by atoms with E-state index >= 15 is 0 Å². The van der Waals surface area contributed by atoms with E-state index in [9.17, 15) is 13.2 Å². The van der Waals surface area contributed by atoms with Gasteiger partial charge in [0, 0.05) is 32.3 Å². The maximum absolute atomic E-state index is 13.3. The Morgan fingerprint density at radius 3 is 1.28 bits per heavy atom. The summed E-state index contributed by atoms with van der Waals surface area (Å²) in [7, 11) is 0. The summed E-state index contributed by atoms with van der Waals surface area (Å²) in [4.78, 5) is 0. The van der Waals surface area contributed by atoms with Crippen LogP contribution in [0.25, 0.3) is 32.3 Å². The predicted octanol–water partition coefficient (Wildman–Crippen LogP) is 8.52. The molecule has 0 unspecified atom stereocenters. The molecule has 0 aromatic heterocycles. The maximum atomic E-state index is 13.3. The van der Waals surface area contributed by atoms with Crippen LogP contribution in [-0.4, -0.2) is 0 Å². The summed E-state index contributed by atoms with van der Waals surface area (Å²) in [5.74, 6) is 0. The van der Waals surface area contributed by atoms with Gasteiger partial charge in [-0.05, 0) is 36.8 Å². The summed E-state index contributed by atoms with van der Waals surface area (Å²) in [6.07, 6.45) is -4.55. The predicted molar refractivity (Wildman–Crippen MR) is 99.9 cm³/mol. The van der Waals surface area contributed by atoms with Gasteiger partial charge < -0.3 is 0 Å². The zero-order chi connectivity index (χ0) is 18.3. The van der Waals surface area contributed by atoms with Crippen molar-refractivity contribution >= 4 is 78.7 Å². The first-order valence-corrected chi connectivity index (χ1v) is 8.64. The molecular weight excluding hydrogens is 415 g/mol. The Morgan fingerprint density at radius 1 is 0.640 bits per heavy atom. The number of hydrogen-bond acceptors (Lipinski definition) is 0. The van der Waals surface area contributed by atoms with Gasteiger partial charge in [-0.15, -0.1) is 0 Å². The van der Waals surface area contributed by atoms with Crippen molar-refractivity contribution in [1.29, 1.82) is 0 Å². The lowest BCUT2D eigenvalue weighted by Gasteiger charge is -2.19. The highest BCUT2D eigenvalue weighted by atomic mass is 35.5. The van der Waals surface area contributed by atoms with Crippen molar-refractivity contribution in [2.45, 2.75) is 13.1 Å². The molecule has 0 aliphatic heterocycles. The molecule has 0 aliphatic carbocycles. The van der Waals surface area contributed by atoms with Crippen LogP contribution in [0.4, 0.5) is 13.2 Å². The average Bonchev–Trinajstić information content (AvgIpc) is 2.54. The number of halogens is 7. The fourth-order valence-corrected chi connectivity index (χ4v) is 4.30. The summed E-state index contributed by atoms with van der Waals surface area (Å²) in [5.41, 5.74) is 0.0308. The quantitative estimate of drug-likeness (QED) is 0.249. The van der Waals surface area contributed by atoms with Gasteiger partial charge in [-0.2, -0.15) is 13.2 Å². The van der Waals surface area contributed by atoms with E-state index in [2.05, 4.69) is 0 Å². The second-order valence-electron chi connectivity index (χ2n) is 5.94. The number of rotatable bonds is 0. The van der Waals surface area contributed by atoms with E-state index in [0.29, 0.717) is 21.5 Å². The third-order valence-corrected chi connectivity index (χ3v) is 6.09. The van der Waals surface area contributed by atoms with Gasteiger partial charge in [0.05, 0.1) is 25.7 Å². The SMILES string of the molecule is Cc1cc2c(Cl)c(Cl)c3cc(C(F)(F)F)cc4c(Cl)c(Cl)c(c1)c2c34. The average molecular weight is 422 g/mol. The van der Waals surface area contributed by atoms with Crippen molar-refractivity contribution in [2.24, 2.45) is 0 Å². The molecule has 0 N–H and O–H groups in total. The standard InChI is InChI=1S/C18H7Cl4F3/c1-6-2-8-12-9(3-6)15(20)17(22)11-5-7(18(23,24)25)4-10(13(11)12)16(21)14(8)19/h2-5H,1H3. The van der Waals surface area contributed by atoms with E-state index in [1.165, 1.54) is 0 Å². The van der Waals surface area contributed by atoms with Crippen LogP contribution in [0.5, 0.6) is 0 Å². The lowest BCUT2D eigenvalue weighted by molar-refractivity contribution is -0.137. The highest BCUT2D eigenvalue weighted by Crippen LogP contribution is 2.50. The minimum absolute atomic E-state index is 0.0653. The third-order valence-electron chi connectivity index (χ3n) is 4.33. The lowest BCUT2D eigenvalue weighted by atomic mass is 9.91. The van der Waals surface area contributed by atoms with Crippen LogP contribution in [0.3, 0.4) is 0 Å². The molecule has 0 bridgehead atoms. The molecule has 128 valence electrons. The molecule has 4 aromatic carbocycles. The van der Waals surface area contributed by atoms with Crippen molar-refractivity contribution in [3.05, 3.63) is 55.5 Å². The van der Waals surface area contributed by atoms with E-state index in [4.69, 9.17) is 46.4 Å². The number of hydrogen-bond donors (Lipinski definition) is 0. The molecule has 0 nitrogen and oxygen atoms in total. The Kier molecular flexibility index (Phi) is 3.76. The van der Waals surface area contributed by atoms with E-state index in [1.807, 2.05) is 19.1 Å². The summed E-state index contributed by atoms with van der Waals surface area (Å²) >= 11 is 25.4. The van der Waals surface area contributed by atoms with Crippen LogP contribution >= 0.6 is 46.4 Å². The van der Waals surface area contributed by atoms with Gasteiger partial charge in [-0.25, -0.2) is 0 Å². The summed E-state index contributed by atoms with van der Waals surface area (Å²) in [6.45, 7) is 1.87. The fourth-order valence-electron chi connectivity index (χ4n) is 3.30. The van der Waals surface area contributed by atoms with E-state index in [0.717, 1.165) is 17.7 Å². The Labute approximate surface area is 160 Å². The van der Waals surface area contributed by atoms with E-state index in [-0.39, 0.29) is 30.9 Å². The first-order valence-electron chi connectivity index (χ1n) is 7.13. The monoisotopic (exact) mass is 420 g/mol. The molecular formula is C18H7Cl4F3. The second-order valence-corrected chi connectivity index (χ2v) is 7.45. The van der Waals surface area contributed by atoms with Crippen molar-refractivity contribution < 1.29 is 13.2 Å². The highest BCUT2D eigenvalue weighted by Gasteiger charge is 2.33. The van der Waals surface area contributed by atoms with Gasteiger partial charge in [0.1, 0.15) is 0 Å². The van der Waals surface area contributed by atoms with Crippen LogP contribution in [0.2, 0.25) is 20.1 Å². The van der Waals surface area contributed by atoms with Crippen LogP contribution in [0.15, 0.2) is 24.3 Å². The normalized spacial score (nSPS) is 12.8. The van der Waals surface area contributed by atoms with Gasteiger partial charge in [0.15, 0.2) is 0 Å². The molecule has 25 heavy (non-hydrogen) atoms. The first kappa shape index (κ1) is 17.3. The molecule has 0 fully saturated rings. The molecule has 0 saturated carbocycles. The van der Waals surface area contributed by atoms with Crippen LogP contribution in [-0.2, 0) is 6.18 Å². The molecule has 4 aromatic rings. The molecule has 4 rings (SSSR count). The Bertz CT molecular complexity index is 1100. The summed E-state index contributed by atoms with van der Waals surface area (Å²) in [6, 6.07) is 5.66. The van der Waals surface area contributed by atoms with Gasteiger partial charge in [-0.1, -0.05) is 46.4 Å². The zero-order valence-corrected chi connectivity index (χ0v) is 15.5. The van der Waals surface area contributed by atoms with Gasteiger partial charge in [0.25, 0.3) is 0 Å². The van der Waals surface area contributed by atoms with Crippen LogP contribution in [0, 0.1) is 6.92 Å². The molecule has 0 amide bonds. The van der Waals surface area contributed by atoms with Crippen molar-refractivity contribution in [3.63, 3.8) is 0 Å². The zero-order valence-electron chi connectivity index (χ0n) is 12.5. The van der Waals surface area contributed by atoms with Crippen molar-refractivity contribution in [2.75, 3.05) is 0 Å². The molecule has 0 heterocycles. The lowest BCUT2D eigenvalue weighted by Crippen LogP contribution is -2.05. The molecule has 0 aliphatic rings. The van der Waals surface area contributed by atoms with E-state index < -0.39 is 11.7 Å². The smallest absolute Gasteiger partial charge is 0.166 e. The molecule has 0 atom stereocenters. The maximum Gasteiger partial charge on any atom is 0.416 e. The second kappa shape index (κ2) is 5.43. The van der Waals surface area contributed by atoms with Gasteiger partial charge >= 0.3 is 6.18 Å². The third kappa shape index (κ3) is 2.37. The minimum Gasteiger partial charge on any atom is -0.166 e. The van der Waals surface area contributed by atoms with Gasteiger partial charge in [0.2, 0.25) is 0 Å². The first-order chi connectivity index (χ1) is 11.6. The highest BCUT2D eigenvalue weighted by molar-refractivity contribution is 6.55. The number of aryl methyl sites for hydroxylation is 1. The summed E-state index contributed by atoms with van der Waals surface area (Å²) in [5, 5.41) is 3.40. The number of alkyl halides is 3. The topological polar surface area (TPSA) is 0 Å². The van der Waals surface area contributed by atoms with Crippen LogP contribution in [0.1, 0.15) is 11.1 Å².